The van der Waals surface area contributed by atoms with E-state index in [0.29, 0.717) is 12.4 Å². The van der Waals surface area contributed by atoms with Gasteiger partial charge in [0.1, 0.15) is 11.6 Å². The lowest BCUT2D eigenvalue weighted by atomic mass is 10.3. The molecule has 0 spiro atoms. The van der Waals surface area contributed by atoms with Gasteiger partial charge in [-0.1, -0.05) is 6.07 Å². The number of pyridine rings is 1. The van der Waals surface area contributed by atoms with Crippen molar-refractivity contribution < 1.29 is 4.39 Å². The van der Waals surface area contributed by atoms with Crippen molar-refractivity contribution in [1.29, 1.82) is 0 Å². The molecule has 0 bridgehead atoms. The fourth-order valence-electron chi connectivity index (χ4n) is 1.36. The van der Waals surface area contributed by atoms with Crippen LogP contribution in [-0.2, 0) is 6.54 Å². The van der Waals surface area contributed by atoms with Crippen molar-refractivity contribution in [3.8, 4) is 0 Å². The lowest BCUT2D eigenvalue weighted by Gasteiger charge is -2.06. The molecule has 0 saturated heterocycles. The molecule has 0 aliphatic heterocycles. The Balaban J connectivity index is 1.99. The molecule has 0 atom stereocenters. The van der Waals surface area contributed by atoms with Gasteiger partial charge in [0.05, 0.1) is 12.2 Å². The second-order valence-corrected chi connectivity index (χ2v) is 3.41. The summed E-state index contributed by atoms with van der Waals surface area (Å²) in [4.78, 5) is 4.15. The summed E-state index contributed by atoms with van der Waals surface area (Å²) in [5.41, 5.74) is 7.26. The zero-order chi connectivity index (χ0) is 11.4. The summed E-state index contributed by atoms with van der Waals surface area (Å²) >= 11 is 0. The number of hydrogen-bond donors (Lipinski definition) is 2. The van der Waals surface area contributed by atoms with Gasteiger partial charge in [0.15, 0.2) is 0 Å². The van der Waals surface area contributed by atoms with Crippen molar-refractivity contribution in [2.75, 3.05) is 11.1 Å². The second-order valence-electron chi connectivity index (χ2n) is 3.41. The van der Waals surface area contributed by atoms with Crippen molar-refractivity contribution in [3.63, 3.8) is 0 Å². The first-order valence-corrected chi connectivity index (χ1v) is 4.95. The van der Waals surface area contributed by atoms with Crippen molar-refractivity contribution in [2.24, 2.45) is 0 Å². The van der Waals surface area contributed by atoms with E-state index in [9.17, 15) is 4.39 Å². The quantitative estimate of drug-likeness (QED) is 0.830. The first-order valence-electron chi connectivity index (χ1n) is 4.95. The predicted molar refractivity (Wildman–Crippen MR) is 62.4 cm³/mol. The van der Waals surface area contributed by atoms with Crippen LogP contribution in [0.15, 0.2) is 42.5 Å². The molecule has 2 aromatic rings. The number of anilines is 2. The van der Waals surface area contributed by atoms with E-state index >= 15 is 0 Å². The number of nitrogen functional groups attached to an aromatic ring is 1. The molecule has 1 heterocycles. The highest BCUT2D eigenvalue weighted by Crippen LogP contribution is 2.10. The highest BCUT2D eigenvalue weighted by molar-refractivity contribution is 5.43. The van der Waals surface area contributed by atoms with Gasteiger partial charge < -0.3 is 11.1 Å². The third-order valence-electron chi connectivity index (χ3n) is 2.15. The lowest BCUT2D eigenvalue weighted by molar-refractivity contribution is 0.628. The smallest absolute Gasteiger partial charge is 0.123 e. The maximum atomic E-state index is 12.6. The summed E-state index contributed by atoms with van der Waals surface area (Å²) in [6.07, 6.45) is 0. The van der Waals surface area contributed by atoms with Crippen LogP contribution in [0.3, 0.4) is 0 Å². The number of nitrogens with two attached hydrogens (primary N) is 1. The summed E-state index contributed by atoms with van der Waals surface area (Å²) < 4.78 is 12.6. The molecule has 16 heavy (non-hydrogen) atoms. The van der Waals surface area contributed by atoms with Crippen LogP contribution in [0.1, 0.15) is 5.69 Å². The number of nitrogens with one attached hydrogen (secondary N) is 1. The molecular weight excluding hydrogens is 205 g/mol. The number of benzene rings is 1. The second kappa shape index (κ2) is 4.61. The van der Waals surface area contributed by atoms with Gasteiger partial charge in [0.25, 0.3) is 0 Å². The minimum atomic E-state index is -0.243. The Kier molecular flexibility index (Phi) is 3.00. The van der Waals surface area contributed by atoms with Crippen LogP contribution >= 0.6 is 0 Å². The molecule has 0 aliphatic rings. The minimum absolute atomic E-state index is 0.243. The molecule has 0 radical (unpaired) electrons. The predicted octanol–water partition coefficient (Wildman–Crippen LogP) is 2.42. The first kappa shape index (κ1) is 10.4. The van der Waals surface area contributed by atoms with Gasteiger partial charge in [-0.2, -0.15) is 0 Å². The van der Waals surface area contributed by atoms with Gasteiger partial charge in [0.2, 0.25) is 0 Å². The van der Waals surface area contributed by atoms with Gasteiger partial charge in [0, 0.05) is 5.69 Å². The van der Waals surface area contributed by atoms with Crippen molar-refractivity contribution in [3.05, 3.63) is 54.0 Å². The molecule has 2 rings (SSSR count). The molecule has 4 heteroatoms. The highest BCUT2D eigenvalue weighted by atomic mass is 19.1. The molecule has 3 nitrogen and oxygen atoms in total. The monoisotopic (exact) mass is 217 g/mol. The van der Waals surface area contributed by atoms with E-state index in [4.69, 9.17) is 5.73 Å². The Bertz CT molecular complexity index is 468. The van der Waals surface area contributed by atoms with Crippen LogP contribution in [0.2, 0.25) is 0 Å². The first-order chi connectivity index (χ1) is 7.74. The molecule has 0 unspecified atom stereocenters. The van der Waals surface area contributed by atoms with E-state index < -0.39 is 0 Å². The van der Waals surface area contributed by atoms with Gasteiger partial charge in [-0.25, -0.2) is 9.37 Å². The Morgan fingerprint density at radius 1 is 1.12 bits per heavy atom. The standard InChI is InChI=1S/C12H12FN3/c13-9-4-6-10(7-5-9)15-8-11-2-1-3-12(14)16-11/h1-7,15H,8H2,(H2,14,16). The molecular formula is C12H12FN3. The molecule has 0 saturated carbocycles. The third kappa shape index (κ3) is 2.70. The van der Waals surface area contributed by atoms with Crippen molar-refractivity contribution in [2.45, 2.75) is 6.54 Å². The molecule has 0 aliphatic carbocycles. The van der Waals surface area contributed by atoms with E-state index in [1.165, 1.54) is 12.1 Å². The fourth-order valence-corrected chi connectivity index (χ4v) is 1.36. The largest absolute Gasteiger partial charge is 0.384 e. The zero-order valence-corrected chi connectivity index (χ0v) is 8.65. The average Bonchev–Trinajstić information content (AvgIpc) is 2.28. The van der Waals surface area contributed by atoms with Crippen LogP contribution in [-0.4, -0.2) is 4.98 Å². The van der Waals surface area contributed by atoms with E-state index in [1.807, 2.05) is 12.1 Å². The Hall–Kier alpha value is -2.10. The number of nitrogens with zero attached hydrogens (tertiary/aromatic N) is 1. The van der Waals surface area contributed by atoms with E-state index in [1.54, 1.807) is 18.2 Å². The summed E-state index contributed by atoms with van der Waals surface area (Å²) in [5, 5.41) is 3.13. The maximum absolute atomic E-state index is 12.6. The Morgan fingerprint density at radius 3 is 2.56 bits per heavy atom. The summed E-state index contributed by atoms with van der Waals surface area (Å²) in [6.45, 7) is 0.566. The minimum Gasteiger partial charge on any atom is -0.384 e. The fraction of sp³-hybridized carbons (Fsp3) is 0.0833. The van der Waals surface area contributed by atoms with E-state index in [0.717, 1.165) is 11.4 Å². The summed E-state index contributed by atoms with van der Waals surface area (Å²) in [5.74, 6) is 0.256. The number of rotatable bonds is 3. The molecule has 1 aromatic heterocycles. The van der Waals surface area contributed by atoms with E-state index in [-0.39, 0.29) is 5.82 Å². The SMILES string of the molecule is Nc1cccc(CNc2ccc(F)cc2)n1. The Morgan fingerprint density at radius 2 is 1.88 bits per heavy atom. The van der Waals surface area contributed by atoms with Crippen molar-refractivity contribution in [1.82, 2.24) is 4.98 Å². The average molecular weight is 217 g/mol. The lowest BCUT2D eigenvalue weighted by Crippen LogP contribution is -2.02. The highest BCUT2D eigenvalue weighted by Gasteiger charge is 1.96. The summed E-state index contributed by atoms with van der Waals surface area (Å²) in [7, 11) is 0. The van der Waals surface area contributed by atoms with Crippen molar-refractivity contribution >= 4 is 11.5 Å². The molecule has 1 aromatic carbocycles. The topological polar surface area (TPSA) is 50.9 Å². The maximum Gasteiger partial charge on any atom is 0.123 e. The van der Waals surface area contributed by atoms with Gasteiger partial charge in [-0.15, -0.1) is 0 Å². The molecule has 0 amide bonds. The van der Waals surface area contributed by atoms with Crippen LogP contribution in [0.4, 0.5) is 15.9 Å². The van der Waals surface area contributed by atoms with Gasteiger partial charge in [-0.05, 0) is 36.4 Å². The van der Waals surface area contributed by atoms with E-state index in [2.05, 4.69) is 10.3 Å². The van der Waals surface area contributed by atoms with Crippen LogP contribution in [0.5, 0.6) is 0 Å². The third-order valence-corrected chi connectivity index (χ3v) is 2.15. The normalized spacial score (nSPS) is 10.1. The molecule has 0 fully saturated rings. The molecule has 3 N–H and O–H groups in total. The zero-order valence-electron chi connectivity index (χ0n) is 8.65. The van der Waals surface area contributed by atoms with Crippen LogP contribution < -0.4 is 11.1 Å². The number of hydrogen-bond acceptors (Lipinski definition) is 3. The van der Waals surface area contributed by atoms with Gasteiger partial charge >= 0.3 is 0 Å². The Labute approximate surface area is 93.1 Å². The molecule has 82 valence electrons. The van der Waals surface area contributed by atoms with Crippen LogP contribution in [0, 0.1) is 5.82 Å². The summed E-state index contributed by atoms with van der Waals surface area (Å²) in [6, 6.07) is 11.7. The number of aromatic nitrogens is 1. The van der Waals surface area contributed by atoms with Gasteiger partial charge in [-0.3, -0.25) is 0 Å². The number of halogens is 1. The van der Waals surface area contributed by atoms with Crippen LogP contribution in [0.25, 0.3) is 0 Å².